The molecule has 122 valence electrons. The fourth-order valence-corrected chi connectivity index (χ4v) is 2.69. The Kier molecular flexibility index (Phi) is 5.22. The maximum atomic E-state index is 11.6. The van der Waals surface area contributed by atoms with Crippen molar-refractivity contribution in [3.63, 3.8) is 0 Å². The lowest BCUT2D eigenvalue weighted by Gasteiger charge is -2.03. The highest BCUT2D eigenvalue weighted by Crippen LogP contribution is 2.25. The molecule has 0 atom stereocenters. The molecule has 0 spiro atoms. The van der Waals surface area contributed by atoms with Crippen LogP contribution in [0, 0.1) is 0 Å². The van der Waals surface area contributed by atoms with Crippen LogP contribution < -0.4 is 0 Å². The first-order valence-electron chi connectivity index (χ1n) is 7.39. The minimum Gasteiger partial charge on any atom is -0.462 e. The van der Waals surface area contributed by atoms with E-state index in [4.69, 9.17) is 9.15 Å². The topological polar surface area (TPSA) is 78.1 Å². The van der Waals surface area contributed by atoms with Crippen molar-refractivity contribution in [1.29, 1.82) is 0 Å². The van der Waals surface area contributed by atoms with Crippen LogP contribution in [0.3, 0.4) is 0 Å². The number of nitrogens with zero attached hydrogens (tertiary/aromatic N) is 3. The maximum absolute atomic E-state index is 11.6. The van der Waals surface area contributed by atoms with Crippen molar-refractivity contribution >= 4 is 17.7 Å². The van der Waals surface area contributed by atoms with Crippen molar-refractivity contribution in [2.45, 2.75) is 17.9 Å². The van der Waals surface area contributed by atoms with Gasteiger partial charge in [-0.3, -0.25) is 4.98 Å². The van der Waals surface area contributed by atoms with Crippen molar-refractivity contribution in [1.82, 2.24) is 15.2 Å². The number of aromatic nitrogens is 3. The average Bonchev–Trinajstić information content (AvgIpc) is 3.10. The van der Waals surface area contributed by atoms with E-state index in [1.807, 2.05) is 24.3 Å². The molecule has 0 saturated heterocycles. The Balaban J connectivity index is 1.60. The van der Waals surface area contributed by atoms with E-state index in [0.29, 0.717) is 29.0 Å². The number of thioether (sulfide) groups is 1. The summed E-state index contributed by atoms with van der Waals surface area (Å²) in [6, 6.07) is 11.0. The van der Waals surface area contributed by atoms with Crippen LogP contribution in [-0.2, 0) is 10.5 Å². The third-order valence-electron chi connectivity index (χ3n) is 3.14. The standard InChI is InChI=1S/C17H15N3O3S/c1-2-22-16(21)13-7-5-12(6-8-13)11-24-17-20-19-15(23-17)14-4-3-9-18-10-14/h3-10H,2,11H2,1H3. The number of ether oxygens (including phenoxy) is 1. The van der Waals surface area contributed by atoms with Crippen molar-refractivity contribution in [3.05, 3.63) is 59.9 Å². The third-order valence-corrected chi connectivity index (χ3v) is 4.03. The van der Waals surface area contributed by atoms with Gasteiger partial charge in [-0.15, -0.1) is 10.2 Å². The average molecular weight is 341 g/mol. The molecule has 2 heterocycles. The van der Waals surface area contributed by atoms with E-state index < -0.39 is 0 Å². The molecule has 2 aromatic heterocycles. The highest BCUT2D eigenvalue weighted by Gasteiger charge is 2.10. The van der Waals surface area contributed by atoms with E-state index in [-0.39, 0.29) is 5.97 Å². The molecule has 0 saturated carbocycles. The predicted molar refractivity (Wildman–Crippen MR) is 89.5 cm³/mol. The zero-order valence-electron chi connectivity index (χ0n) is 13.0. The quantitative estimate of drug-likeness (QED) is 0.500. The van der Waals surface area contributed by atoms with E-state index >= 15 is 0 Å². The highest BCUT2D eigenvalue weighted by atomic mass is 32.2. The molecule has 7 heteroatoms. The number of carbonyl (C=O) groups is 1. The van der Waals surface area contributed by atoms with Crippen LogP contribution in [0.25, 0.3) is 11.5 Å². The first-order valence-corrected chi connectivity index (χ1v) is 8.37. The number of esters is 1. The molecule has 6 nitrogen and oxygen atoms in total. The first kappa shape index (κ1) is 16.2. The van der Waals surface area contributed by atoms with Gasteiger partial charge in [0.15, 0.2) is 0 Å². The molecule has 1 aromatic carbocycles. The van der Waals surface area contributed by atoms with Crippen molar-refractivity contribution in [2.75, 3.05) is 6.61 Å². The Morgan fingerprint density at radius 1 is 1.21 bits per heavy atom. The van der Waals surface area contributed by atoms with Crippen LogP contribution >= 0.6 is 11.8 Å². The Labute approximate surface area is 143 Å². The summed E-state index contributed by atoms with van der Waals surface area (Å²) in [7, 11) is 0. The predicted octanol–water partition coefficient (Wildman–Crippen LogP) is 3.60. The lowest BCUT2D eigenvalue weighted by Crippen LogP contribution is -2.04. The van der Waals surface area contributed by atoms with Gasteiger partial charge in [-0.25, -0.2) is 4.79 Å². The van der Waals surface area contributed by atoms with Crippen LogP contribution in [-0.4, -0.2) is 27.8 Å². The summed E-state index contributed by atoms with van der Waals surface area (Å²) in [5.41, 5.74) is 2.38. The van der Waals surface area contributed by atoms with E-state index in [1.165, 1.54) is 11.8 Å². The zero-order chi connectivity index (χ0) is 16.8. The molecule has 0 radical (unpaired) electrons. The van der Waals surface area contributed by atoms with Gasteiger partial charge in [-0.2, -0.15) is 0 Å². The van der Waals surface area contributed by atoms with Crippen molar-refractivity contribution < 1.29 is 13.9 Å². The molecule has 3 aromatic rings. The summed E-state index contributed by atoms with van der Waals surface area (Å²) in [5, 5.41) is 8.53. The molecule has 0 N–H and O–H groups in total. The van der Waals surface area contributed by atoms with Gasteiger partial charge < -0.3 is 9.15 Å². The van der Waals surface area contributed by atoms with Crippen LogP contribution in [0.15, 0.2) is 58.4 Å². The number of rotatable bonds is 6. The molecule has 0 unspecified atom stereocenters. The van der Waals surface area contributed by atoms with E-state index in [0.717, 1.165) is 11.1 Å². The summed E-state index contributed by atoms with van der Waals surface area (Å²) >= 11 is 1.44. The Hall–Kier alpha value is -2.67. The van der Waals surface area contributed by atoms with Crippen LogP contribution in [0.2, 0.25) is 0 Å². The molecular formula is C17H15N3O3S. The molecule has 0 fully saturated rings. The molecule has 0 aliphatic rings. The molecule has 0 bridgehead atoms. The van der Waals surface area contributed by atoms with Crippen LogP contribution in [0.4, 0.5) is 0 Å². The van der Waals surface area contributed by atoms with Crippen molar-refractivity contribution in [3.8, 4) is 11.5 Å². The monoisotopic (exact) mass is 341 g/mol. The van der Waals surface area contributed by atoms with Crippen LogP contribution in [0.5, 0.6) is 0 Å². The molecular weight excluding hydrogens is 326 g/mol. The summed E-state index contributed by atoms with van der Waals surface area (Å²) < 4.78 is 10.6. The molecule has 3 rings (SSSR count). The second kappa shape index (κ2) is 7.74. The van der Waals surface area contributed by atoms with E-state index in [1.54, 1.807) is 31.5 Å². The first-order chi connectivity index (χ1) is 11.8. The maximum Gasteiger partial charge on any atom is 0.338 e. The lowest BCUT2D eigenvalue weighted by atomic mass is 10.1. The normalized spacial score (nSPS) is 10.5. The van der Waals surface area contributed by atoms with Gasteiger partial charge in [-0.1, -0.05) is 23.9 Å². The van der Waals surface area contributed by atoms with Gasteiger partial charge in [0.05, 0.1) is 17.7 Å². The molecule has 24 heavy (non-hydrogen) atoms. The summed E-state index contributed by atoms with van der Waals surface area (Å²) in [6.07, 6.45) is 3.37. The lowest BCUT2D eigenvalue weighted by molar-refractivity contribution is 0.0526. The number of benzene rings is 1. The second-order valence-corrected chi connectivity index (χ2v) is 5.75. The van der Waals surface area contributed by atoms with Gasteiger partial charge in [0.1, 0.15) is 0 Å². The minimum atomic E-state index is -0.310. The smallest absolute Gasteiger partial charge is 0.338 e. The SMILES string of the molecule is CCOC(=O)c1ccc(CSc2nnc(-c3cccnc3)o2)cc1. The minimum absolute atomic E-state index is 0.310. The second-order valence-electron chi connectivity index (χ2n) is 4.82. The molecule has 0 aliphatic carbocycles. The zero-order valence-corrected chi connectivity index (χ0v) is 13.8. The Bertz CT molecular complexity index is 803. The fraction of sp³-hybridized carbons (Fsp3) is 0.176. The summed E-state index contributed by atoms with van der Waals surface area (Å²) in [6.45, 7) is 2.15. The molecule has 0 aliphatic heterocycles. The van der Waals surface area contributed by atoms with Gasteiger partial charge in [0.2, 0.25) is 5.89 Å². The highest BCUT2D eigenvalue weighted by molar-refractivity contribution is 7.98. The molecule has 0 amide bonds. The fourth-order valence-electron chi connectivity index (χ4n) is 1.97. The van der Waals surface area contributed by atoms with Gasteiger partial charge in [0.25, 0.3) is 5.22 Å². The van der Waals surface area contributed by atoms with Gasteiger partial charge in [-0.05, 0) is 36.8 Å². The van der Waals surface area contributed by atoms with E-state index in [2.05, 4.69) is 15.2 Å². The van der Waals surface area contributed by atoms with Crippen molar-refractivity contribution in [2.24, 2.45) is 0 Å². The number of hydrogen-bond donors (Lipinski definition) is 0. The largest absolute Gasteiger partial charge is 0.462 e. The summed E-state index contributed by atoms with van der Waals surface area (Å²) in [5.74, 6) is 0.801. The van der Waals surface area contributed by atoms with E-state index in [9.17, 15) is 4.79 Å². The summed E-state index contributed by atoms with van der Waals surface area (Å²) in [4.78, 5) is 15.6. The van der Waals surface area contributed by atoms with Gasteiger partial charge in [0, 0.05) is 18.1 Å². The Morgan fingerprint density at radius 3 is 2.75 bits per heavy atom. The third kappa shape index (κ3) is 3.99. The van der Waals surface area contributed by atoms with Crippen LogP contribution in [0.1, 0.15) is 22.8 Å². The number of carbonyl (C=O) groups excluding carboxylic acids is 1. The Morgan fingerprint density at radius 2 is 2.04 bits per heavy atom. The number of hydrogen-bond acceptors (Lipinski definition) is 7. The number of pyridine rings is 1. The van der Waals surface area contributed by atoms with Gasteiger partial charge >= 0.3 is 5.97 Å².